The highest BCUT2D eigenvalue weighted by molar-refractivity contribution is 6.64. The first-order chi connectivity index (χ1) is 6.37. The molecule has 1 aliphatic rings. The number of halogens is 1. The Balaban J connectivity index is 2.62. The van der Waals surface area contributed by atoms with E-state index in [0.717, 1.165) is 0 Å². The van der Waals surface area contributed by atoms with E-state index in [1.54, 1.807) is 0 Å². The van der Waals surface area contributed by atoms with Crippen LogP contribution < -0.4 is 0 Å². The Morgan fingerprint density at radius 2 is 1.93 bits per heavy atom. The molecule has 1 rings (SSSR count). The van der Waals surface area contributed by atoms with Crippen LogP contribution in [0.1, 0.15) is 27.7 Å². The fourth-order valence-electron chi connectivity index (χ4n) is 1.84. The molecule has 78 valence electrons. The fourth-order valence-corrected chi connectivity index (χ4v) is 2.25. The second-order valence-corrected chi connectivity index (χ2v) is 5.13. The minimum absolute atomic E-state index is 0.00554. The van der Waals surface area contributed by atoms with Crippen molar-refractivity contribution in [3.63, 3.8) is 0 Å². The van der Waals surface area contributed by atoms with Crippen molar-refractivity contribution >= 4 is 16.8 Å². The molecule has 1 saturated carbocycles. The summed E-state index contributed by atoms with van der Waals surface area (Å²) < 4.78 is 0. The summed E-state index contributed by atoms with van der Waals surface area (Å²) >= 11 is 5.51. The number of hydrogen-bond acceptors (Lipinski definition) is 1. The summed E-state index contributed by atoms with van der Waals surface area (Å²) in [4.78, 5) is 11.0. The van der Waals surface area contributed by atoms with Crippen molar-refractivity contribution < 1.29 is 4.79 Å². The van der Waals surface area contributed by atoms with Gasteiger partial charge >= 0.3 is 0 Å². The molecule has 0 amide bonds. The van der Waals surface area contributed by atoms with Crippen LogP contribution >= 0.6 is 11.6 Å². The molecular weight excluding hydrogens is 196 g/mol. The summed E-state index contributed by atoms with van der Waals surface area (Å²) in [6.07, 6.45) is 6.14. The summed E-state index contributed by atoms with van der Waals surface area (Å²) in [5, 5.41) is -0.207. The maximum Gasteiger partial charge on any atom is 0.225 e. The van der Waals surface area contributed by atoms with Crippen molar-refractivity contribution in [2.75, 3.05) is 0 Å². The molecule has 0 radical (unpaired) electrons. The maximum atomic E-state index is 11.0. The Labute approximate surface area is 90.8 Å². The van der Waals surface area contributed by atoms with E-state index in [-0.39, 0.29) is 16.6 Å². The zero-order valence-electron chi connectivity index (χ0n) is 9.17. The van der Waals surface area contributed by atoms with Crippen LogP contribution in [0.3, 0.4) is 0 Å². The molecule has 0 aromatic heterocycles. The van der Waals surface area contributed by atoms with Gasteiger partial charge in [-0.2, -0.15) is 0 Å². The summed E-state index contributed by atoms with van der Waals surface area (Å²) in [5.41, 5.74) is 1.30. The molecule has 0 aliphatic heterocycles. The van der Waals surface area contributed by atoms with Gasteiger partial charge in [0.05, 0.1) is 0 Å². The van der Waals surface area contributed by atoms with Crippen molar-refractivity contribution in [3.05, 3.63) is 23.8 Å². The van der Waals surface area contributed by atoms with Gasteiger partial charge in [0.15, 0.2) is 0 Å². The summed E-state index contributed by atoms with van der Waals surface area (Å²) in [5.74, 6) is 0.314. The van der Waals surface area contributed by atoms with Crippen molar-refractivity contribution in [2.45, 2.75) is 27.7 Å². The zero-order chi connectivity index (χ0) is 10.9. The standard InChI is InChI=1S/C12H17ClO/c1-8(2)6-5-7-9-10(11(13)14)12(9,3)4/h5-7,9-10H,1-4H3/b7-5+. The summed E-state index contributed by atoms with van der Waals surface area (Å²) in [7, 11) is 0. The van der Waals surface area contributed by atoms with E-state index >= 15 is 0 Å². The molecule has 0 N–H and O–H groups in total. The predicted octanol–water partition coefficient (Wildman–Crippen LogP) is 3.55. The van der Waals surface area contributed by atoms with Crippen LogP contribution in [0.2, 0.25) is 0 Å². The minimum Gasteiger partial charge on any atom is -0.281 e. The normalized spacial score (nSPS) is 28.9. The average Bonchev–Trinajstić information content (AvgIpc) is 2.52. The number of hydrogen-bond donors (Lipinski definition) is 0. The Kier molecular flexibility index (Phi) is 3.20. The van der Waals surface area contributed by atoms with Gasteiger partial charge in [-0.1, -0.05) is 37.6 Å². The average molecular weight is 213 g/mol. The van der Waals surface area contributed by atoms with Gasteiger partial charge in [-0.25, -0.2) is 0 Å². The molecule has 2 heteroatoms. The molecule has 0 aromatic carbocycles. The second-order valence-electron chi connectivity index (χ2n) is 4.76. The second kappa shape index (κ2) is 3.90. The van der Waals surface area contributed by atoms with Crippen LogP contribution in [0.5, 0.6) is 0 Å². The van der Waals surface area contributed by atoms with E-state index in [0.29, 0.717) is 5.92 Å². The van der Waals surface area contributed by atoms with E-state index < -0.39 is 0 Å². The molecule has 2 unspecified atom stereocenters. The van der Waals surface area contributed by atoms with E-state index in [9.17, 15) is 4.79 Å². The third-order valence-electron chi connectivity index (χ3n) is 2.90. The van der Waals surface area contributed by atoms with E-state index in [1.165, 1.54) is 5.57 Å². The summed E-state index contributed by atoms with van der Waals surface area (Å²) in [6, 6.07) is 0. The molecule has 0 saturated heterocycles. The number of allylic oxidation sites excluding steroid dienone is 4. The first-order valence-electron chi connectivity index (χ1n) is 4.88. The van der Waals surface area contributed by atoms with Crippen molar-refractivity contribution in [1.82, 2.24) is 0 Å². The number of carbonyl (C=O) groups is 1. The molecular formula is C12H17ClO. The van der Waals surface area contributed by atoms with Crippen molar-refractivity contribution in [1.29, 1.82) is 0 Å². The molecule has 1 aliphatic carbocycles. The van der Waals surface area contributed by atoms with Crippen LogP contribution in [0.15, 0.2) is 23.8 Å². The van der Waals surface area contributed by atoms with Gasteiger partial charge in [0.2, 0.25) is 5.24 Å². The number of carbonyl (C=O) groups excluding carboxylic acids is 1. The Morgan fingerprint density at radius 1 is 1.36 bits per heavy atom. The highest BCUT2D eigenvalue weighted by atomic mass is 35.5. The van der Waals surface area contributed by atoms with Gasteiger partial charge in [0.1, 0.15) is 0 Å². The molecule has 1 fully saturated rings. The summed E-state index contributed by atoms with van der Waals surface area (Å²) in [6.45, 7) is 8.25. The predicted molar refractivity (Wildman–Crippen MR) is 60.2 cm³/mol. The lowest BCUT2D eigenvalue weighted by Crippen LogP contribution is -1.96. The highest BCUT2D eigenvalue weighted by Gasteiger charge is 2.59. The van der Waals surface area contributed by atoms with E-state index in [2.05, 4.69) is 19.9 Å². The van der Waals surface area contributed by atoms with E-state index in [4.69, 9.17) is 11.6 Å². The van der Waals surface area contributed by atoms with Gasteiger partial charge in [-0.15, -0.1) is 0 Å². The molecule has 14 heavy (non-hydrogen) atoms. The minimum atomic E-state index is -0.207. The lowest BCUT2D eigenvalue weighted by molar-refractivity contribution is -0.113. The zero-order valence-corrected chi connectivity index (χ0v) is 9.93. The smallest absolute Gasteiger partial charge is 0.225 e. The van der Waals surface area contributed by atoms with Crippen molar-refractivity contribution in [2.24, 2.45) is 17.3 Å². The first kappa shape index (κ1) is 11.5. The van der Waals surface area contributed by atoms with Gasteiger partial charge in [0.25, 0.3) is 0 Å². The fraction of sp³-hybridized carbons (Fsp3) is 0.583. The van der Waals surface area contributed by atoms with Crippen LogP contribution in [0.25, 0.3) is 0 Å². The largest absolute Gasteiger partial charge is 0.281 e. The van der Waals surface area contributed by atoms with Gasteiger partial charge < -0.3 is 0 Å². The molecule has 0 spiro atoms. The SMILES string of the molecule is CC(C)=C/C=C/C1C(C(=O)Cl)C1(C)C. The quantitative estimate of drug-likeness (QED) is 0.517. The molecule has 0 aromatic rings. The monoisotopic (exact) mass is 212 g/mol. The topological polar surface area (TPSA) is 17.1 Å². The van der Waals surface area contributed by atoms with Crippen LogP contribution in [0, 0.1) is 17.3 Å². The van der Waals surface area contributed by atoms with Gasteiger partial charge in [0, 0.05) is 5.92 Å². The lowest BCUT2D eigenvalue weighted by Gasteiger charge is -1.96. The lowest BCUT2D eigenvalue weighted by atomic mass is 10.1. The third kappa shape index (κ3) is 2.27. The Morgan fingerprint density at radius 3 is 2.29 bits per heavy atom. The van der Waals surface area contributed by atoms with Crippen LogP contribution in [-0.2, 0) is 4.79 Å². The van der Waals surface area contributed by atoms with E-state index in [1.807, 2.05) is 26.0 Å². The van der Waals surface area contributed by atoms with Crippen LogP contribution in [0.4, 0.5) is 0 Å². The third-order valence-corrected chi connectivity index (χ3v) is 3.14. The Bertz CT molecular complexity index is 295. The van der Waals surface area contributed by atoms with Crippen molar-refractivity contribution in [3.8, 4) is 0 Å². The highest BCUT2D eigenvalue weighted by Crippen LogP contribution is 2.59. The number of rotatable bonds is 3. The molecule has 0 heterocycles. The van der Waals surface area contributed by atoms with Gasteiger partial charge in [-0.3, -0.25) is 4.79 Å². The van der Waals surface area contributed by atoms with Gasteiger partial charge in [-0.05, 0) is 36.8 Å². The van der Waals surface area contributed by atoms with Crippen LogP contribution in [-0.4, -0.2) is 5.24 Å². The molecule has 1 nitrogen and oxygen atoms in total. The first-order valence-corrected chi connectivity index (χ1v) is 5.26. The maximum absolute atomic E-state index is 11.0. The Hall–Kier alpha value is -0.560. The molecule has 2 atom stereocenters. The molecule has 0 bridgehead atoms.